The van der Waals surface area contributed by atoms with Crippen LogP contribution in [-0.4, -0.2) is 22.1 Å². The highest BCUT2D eigenvalue weighted by molar-refractivity contribution is 6.42. The van der Waals surface area contributed by atoms with Crippen LogP contribution >= 0.6 is 23.2 Å². The lowest BCUT2D eigenvalue weighted by Gasteiger charge is -2.16. The summed E-state index contributed by atoms with van der Waals surface area (Å²) < 4.78 is 5.66. The van der Waals surface area contributed by atoms with Crippen molar-refractivity contribution in [2.75, 3.05) is 5.32 Å². The summed E-state index contributed by atoms with van der Waals surface area (Å²) in [4.78, 5) is 26.9. The first-order chi connectivity index (χ1) is 14.3. The maximum Gasteiger partial charge on any atom is 0.354 e. The van der Waals surface area contributed by atoms with Crippen molar-refractivity contribution in [2.45, 2.75) is 13.0 Å². The van der Waals surface area contributed by atoms with Gasteiger partial charge in [-0.2, -0.15) is 0 Å². The van der Waals surface area contributed by atoms with E-state index in [1.807, 2.05) is 6.92 Å². The molecule has 0 spiro atoms. The molecule has 1 unspecified atom stereocenters. The second-order valence-electron chi connectivity index (χ2n) is 6.30. The molecule has 0 saturated carbocycles. The average Bonchev–Trinajstić information content (AvgIpc) is 2.71. The maximum absolute atomic E-state index is 12.2. The zero-order valence-corrected chi connectivity index (χ0v) is 17.2. The summed E-state index contributed by atoms with van der Waals surface area (Å²) in [6.07, 6.45) is 1.37. The van der Waals surface area contributed by atoms with E-state index in [0.29, 0.717) is 27.2 Å². The highest BCUT2D eigenvalue weighted by atomic mass is 35.5. The molecule has 0 aliphatic carbocycles. The molecule has 9 heteroatoms. The molecule has 0 aliphatic heterocycles. The average molecular weight is 446 g/mol. The monoisotopic (exact) mass is 445 g/mol. The summed E-state index contributed by atoms with van der Waals surface area (Å²) in [7, 11) is 0. The van der Waals surface area contributed by atoms with Crippen molar-refractivity contribution in [1.29, 1.82) is 0 Å². The predicted octanol–water partition coefficient (Wildman–Crippen LogP) is 5.76. The fraction of sp³-hybridized carbons (Fsp3) is 0.0952. The van der Waals surface area contributed by atoms with Crippen molar-refractivity contribution in [3.8, 4) is 11.5 Å². The number of urea groups is 1. The molecule has 2 amide bonds. The van der Waals surface area contributed by atoms with Crippen molar-refractivity contribution in [3.63, 3.8) is 0 Å². The van der Waals surface area contributed by atoms with Gasteiger partial charge >= 0.3 is 12.0 Å². The normalized spacial score (nSPS) is 11.4. The molecular weight excluding hydrogens is 429 g/mol. The van der Waals surface area contributed by atoms with Gasteiger partial charge in [0.1, 0.15) is 11.5 Å². The topological polar surface area (TPSA) is 101 Å². The quantitative estimate of drug-likeness (QED) is 0.447. The number of anilines is 1. The first-order valence-corrected chi connectivity index (χ1v) is 9.57. The Morgan fingerprint density at radius 1 is 1.00 bits per heavy atom. The summed E-state index contributed by atoms with van der Waals surface area (Å²) in [5, 5.41) is 15.3. The molecule has 0 saturated heterocycles. The Labute approximate surface area is 182 Å². The minimum absolute atomic E-state index is 0.102. The number of carboxylic acids is 1. The highest BCUT2D eigenvalue weighted by Crippen LogP contribution is 2.26. The van der Waals surface area contributed by atoms with Gasteiger partial charge in [0.2, 0.25) is 0 Å². The zero-order valence-electron chi connectivity index (χ0n) is 15.7. The summed E-state index contributed by atoms with van der Waals surface area (Å²) >= 11 is 11.8. The minimum Gasteiger partial charge on any atom is -0.477 e. The second kappa shape index (κ2) is 9.47. The van der Waals surface area contributed by atoms with Crippen molar-refractivity contribution in [3.05, 3.63) is 82.1 Å². The van der Waals surface area contributed by atoms with Gasteiger partial charge in [0, 0.05) is 18.0 Å². The van der Waals surface area contributed by atoms with Crippen molar-refractivity contribution in [1.82, 2.24) is 10.3 Å². The molecule has 154 valence electrons. The first-order valence-electron chi connectivity index (χ1n) is 8.81. The number of aromatic nitrogens is 1. The fourth-order valence-electron chi connectivity index (χ4n) is 2.57. The van der Waals surface area contributed by atoms with Crippen molar-refractivity contribution < 1.29 is 19.4 Å². The molecule has 3 rings (SSSR count). The number of hydrogen-bond donors (Lipinski definition) is 3. The number of carbonyl (C=O) groups excluding carboxylic acids is 1. The number of amides is 2. The molecule has 30 heavy (non-hydrogen) atoms. The number of carbonyl (C=O) groups is 2. The van der Waals surface area contributed by atoms with Crippen LogP contribution in [0.5, 0.6) is 11.5 Å². The predicted molar refractivity (Wildman–Crippen MR) is 115 cm³/mol. The van der Waals surface area contributed by atoms with E-state index in [2.05, 4.69) is 15.6 Å². The van der Waals surface area contributed by atoms with Gasteiger partial charge in [-0.15, -0.1) is 0 Å². The first kappa shape index (κ1) is 21.4. The Hall–Kier alpha value is -3.29. The van der Waals surface area contributed by atoms with E-state index in [1.165, 1.54) is 12.3 Å². The summed E-state index contributed by atoms with van der Waals surface area (Å²) in [5.41, 5.74) is 1.28. The number of carboxylic acid groups (broad SMARTS) is 1. The van der Waals surface area contributed by atoms with Gasteiger partial charge in [-0.1, -0.05) is 35.3 Å². The molecule has 3 N–H and O–H groups in total. The number of hydrogen-bond acceptors (Lipinski definition) is 4. The molecule has 1 heterocycles. The molecule has 0 fully saturated rings. The van der Waals surface area contributed by atoms with Crippen LogP contribution < -0.4 is 15.4 Å². The Kier molecular flexibility index (Phi) is 6.76. The Morgan fingerprint density at radius 2 is 1.73 bits per heavy atom. The van der Waals surface area contributed by atoms with E-state index in [0.717, 1.165) is 5.56 Å². The van der Waals surface area contributed by atoms with Gasteiger partial charge in [0.05, 0.1) is 16.1 Å². The Balaban J connectivity index is 1.59. The summed E-state index contributed by atoms with van der Waals surface area (Å²) in [6, 6.07) is 14.1. The van der Waals surface area contributed by atoms with E-state index < -0.39 is 5.97 Å². The number of nitrogens with zero attached hydrogens (tertiary/aromatic N) is 1. The van der Waals surface area contributed by atoms with Crippen LogP contribution in [0, 0.1) is 0 Å². The number of rotatable bonds is 6. The number of aromatic carboxylic acids is 1. The highest BCUT2D eigenvalue weighted by Gasteiger charge is 2.11. The van der Waals surface area contributed by atoms with Crippen LogP contribution in [0.15, 0.2) is 60.8 Å². The van der Waals surface area contributed by atoms with Crippen LogP contribution in [0.2, 0.25) is 10.0 Å². The third-order valence-corrected chi connectivity index (χ3v) is 4.83. The second-order valence-corrected chi connectivity index (χ2v) is 7.12. The van der Waals surface area contributed by atoms with Gasteiger partial charge < -0.3 is 20.5 Å². The molecule has 1 aromatic heterocycles. The lowest BCUT2D eigenvalue weighted by Crippen LogP contribution is -2.31. The largest absolute Gasteiger partial charge is 0.477 e. The molecule has 0 radical (unpaired) electrons. The Bertz CT molecular complexity index is 1070. The van der Waals surface area contributed by atoms with Crippen LogP contribution in [0.1, 0.15) is 29.0 Å². The van der Waals surface area contributed by atoms with Crippen LogP contribution in [-0.2, 0) is 0 Å². The zero-order chi connectivity index (χ0) is 21.7. The minimum atomic E-state index is -1.13. The smallest absolute Gasteiger partial charge is 0.354 e. The van der Waals surface area contributed by atoms with E-state index in [-0.39, 0.29) is 17.8 Å². The number of benzene rings is 2. The standard InChI is InChI=1S/C21H17Cl2N3O4/c1-12(25-21(29)26-14-4-7-17(22)18(23)10-14)13-2-5-15(6-3-13)30-16-8-9-24-19(11-16)20(27)28/h2-12H,1H3,(H,27,28)(H2,25,26,29). The lowest BCUT2D eigenvalue weighted by atomic mass is 10.1. The third kappa shape index (κ3) is 5.62. The van der Waals surface area contributed by atoms with Gasteiger partial charge in [-0.05, 0) is 48.9 Å². The molecule has 7 nitrogen and oxygen atoms in total. The van der Waals surface area contributed by atoms with Gasteiger partial charge in [-0.25, -0.2) is 14.6 Å². The molecule has 0 aliphatic rings. The SMILES string of the molecule is CC(NC(=O)Nc1ccc(Cl)c(Cl)c1)c1ccc(Oc2ccnc(C(=O)O)c2)cc1. The van der Waals surface area contributed by atoms with Gasteiger partial charge in [0.15, 0.2) is 5.69 Å². The number of halogens is 2. The molecule has 0 bridgehead atoms. The number of ether oxygens (including phenoxy) is 1. The van der Waals surface area contributed by atoms with Crippen molar-refractivity contribution in [2.24, 2.45) is 0 Å². The summed E-state index contributed by atoms with van der Waals surface area (Å²) in [5.74, 6) is -0.245. The Morgan fingerprint density at radius 3 is 2.40 bits per heavy atom. The van der Waals surface area contributed by atoms with Crippen LogP contribution in [0.3, 0.4) is 0 Å². The molecule has 1 atom stereocenters. The van der Waals surface area contributed by atoms with E-state index >= 15 is 0 Å². The molecule has 3 aromatic rings. The van der Waals surface area contributed by atoms with Crippen molar-refractivity contribution >= 4 is 40.9 Å². The van der Waals surface area contributed by atoms with E-state index in [9.17, 15) is 9.59 Å². The van der Waals surface area contributed by atoms with Crippen LogP contribution in [0.25, 0.3) is 0 Å². The number of pyridine rings is 1. The number of nitrogens with one attached hydrogen (secondary N) is 2. The lowest BCUT2D eigenvalue weighted by molar-refractivity contribution is 0.0690. The maximum atomic E-state index is 12.2. The summed E-state index contributed by atoms with van der Waals surface area (Å²) in [6.45, 7) is 1.84. The van der Waals surface area contributed by atoms with Gasteiger partial charge in [-0.3, -0.25) is 0 Å². The fourth-order valence-corrected chi connectivity index (χ4v) is 2.87. The van der Waals surface area contributed by atoms with E-state index in [1.54, 1.807) is 48.5 Å². The van der Waals surface area contributed by atoms with Gasteiger partial charge in [0.25, 0.3) is 0 Å². The third-order valence-electron chi connectivity index (χ3n) is 4.09. The van der Waals surface area contributed by atoms with E-state index in [4.69, 9.17) is 33.0 Å². The molecule has 2 aromatic carbocycles. The van der Waals surface area contributed by atoms with Crippen LogP contribution in [0.4, 0.5) is 10.5 Å². The molecular formula is C21H17Cl2N3O4.